The first-order valence-corrected chi connectivity index (χ1v) is 9.98. The van der Waals surface area contributed by atoms with Crippen LogP contribution in [0.15, 0.2) is 78.9 Å². The summed E-state index contributed by atoms with van der Waals surface area (Å²) >= 11 is 0. The minimum atomic E-state index is -0.136. The van der Waals surface area contributed by atoms with Crippen LogP contribution in [-0.4, -0.2) is 48.0 Å². The number of amides is 1. The smallest absolute Gasteiger partial charge is 0.253 e. The summed E-state index contributed by atoms with van der Waals surface area (Å²) in [5.74, 6) is -0.136. The van der Waals surface area contributed by atoms with Crippen LogP contribution in [0.5, 0.6) is 0 Å². The second-order valence-electron chi connectivity index (χ2n) is 7.39. The summed E-state index contributed by atoms with van der Waals surface area (Å²) in [5.41, 5.74) is 5.38. The average Bonchev–Trinajstić information content (AvgIpc) is 2.78. The highest BCUT2D eigenvalue weighted by Gasteiger charge is 2.17. The zero-order valence-corrected chi connectivity index (χ0v) is 17.2. The minimum Gasteiger partial charge on any atom is -0.351 e. The molecule has 0 aliphatic carbocycles. The second-order valence-corrected chi connectivity index (χ2v) is 7.39. The van der Waals surface area contributed by atoms with Crippen LogP contribution in [0.4, 0.5) is 0 Å². The molecule has 4 aromatic rings. The van der Waals surface area contributed by atoms with Crippen LogP contribution in [0.1, 0.15) is 10.4 Å². The molecule has 3 aromatic carbocycles. The predicted molar refractivity (Wildman–Crippen MR) is 121 cm³/mol. The Labute approximate surface area is 176 Å². The van der Waals surface area contributed by atoms with Gasteiger partial charge >= 0.3 is 0 Å². The van der Waals surface area contributed by atoms with Gasteiger partial charge in [-0.1, -0.05) is 66.7 Å². The number of carbonyl (C=O) groups is 1. The number of nitrogens with zero attached hydrogens (tertiary/aromatic N) is 3. The van der Waals surface area contributed by atoms with Gasteiger partial charge in [-0.05, 0) is 26.2 Å². The Kier molecular flexibility index (Phi) is 5.82. The molecule has 0 atom stereocenters. The molecule has 5 nitrogen and oxygen atoms in total. The van der Waals surface area contributed by atoms with Crippen molar-refractivity contribution >= 4 is 16.9 Å². The number of rotatable bonds is 6. The van der Waals surface area contributed by atoms with Gasteiger partial charge in [0, 0.05) is 24.2 Å². The van der Waals surface area contributed by atoms with E-state index >= 15 is 0 Å². The quantitative estimate of drug-likeness (QED) is 0.529. The van der Waals surface area contributed by atoms with E-state index in [0.717, 1.165) is 29.1 Å². The maximum Gasteiger partial charge on any atom is 0.253 e. The van der Waals surface area contributed by atoms with Gasteiger partial charge in [-0.2, -0.15) is 0 Å². The van der Waals surface area contributed by atoms with Crippen molar-refractivity contribution in [3.63, 3.8) is 0 Å². The fourth-order valence-corrected chi connectivity index (χ4v) is 3.34. The Morgan fingerprint density at radius 2 is 1.40 bits per heavy atom. The number of aromatic nitrogens is 2. The maximum atomic E-state index is 12.8. The highest BCUT2D eigenvalue weighted by atomic mass is 16.1. The van der Waals surface area contributed by atoms with Crippen molar-refractivity contribution in [2.75, 3.05) is 27.2 Å². The summed E-state index contributed by atoms with van der Waals surface area (Å²) < 4.78 is 0. The van der Waals surface area contributed by atoms with Gasteiger partial charge in [-0.15, -0.1) is 0 Å². The van der Waals surface area contributed by atoms with Gasteiger partial charge in [0.25, 0.3) is 5.91 Å². The third-order valence-electron chi connectivity index (χ3n) is 4.88. The van der Waals surface area contributed by atoms with Gasteiger partial charge in [-0.25, -0.2) is 9.97 Å². The zero-order valence-electron chi connectivity index (χ0n) is 17.2. The molecule has 0 unspecified atom stereocenters. The minimum absolute atomic E-state index is 0.136. The number of nitrogens with one attached hydrogen (secondary N) is 1. The number of hydrogen-bond donors (Lipinski definition) is 1. The van der Waals surface area contributed by atoms with Gasteiger partial charge in [0.15, 0.2) is 0 Å². The Hall–Kier alpha value is -3.57. The van der Waals surface area contributed by atoms with E-state index in [4.69, 9.17) is 9.97 Å². The topological polar surface area (TPSA) is 58.1 Å². The molecule has 0 spiro atoms. The van der Waals surface area contributed by atoms with Crippen LogP contribution >= 0.6 is 0 Å². The highest BCUT2D eigenvalue weighted by Crippen LogP contribution is 2.31. The molecule has 0 aliphatic heterocycles. The molecule has 1 heterocycles. The van der Waals surface area contributed by atoms with Crippen LogP contribution in [-0.2, 0) is 0 Å². The lowest BCUT2D eigenvalue weighted by Gasteiger charge is -2.14. The van der Waals surface area contributed by atoms with Gasteiger partial charge in [0.2, 0.25) is 0 Å². The first-order valence-electron chi connectivity index (χ1n) is 9.98. The fourth-order valence-electron chi connectivity index (χ4n) is 3.34. The number of benzene rings is 3. The average molecular weight is 396 g/mol. The van der Waals surface area contributed by atoms with E-state index in [1.54, 1.807) is 6.07 Å². The lowest BCUT2D eigenvalue weighted by Crippen LogP contribution is -2.31. The van der Waals surface area contributed by atoms with E-state index in [-0.39, 0.29) is 5.91 Å². The van der Waals surface area contributed by atoms with Crippen molar-refractivity contribution in [2.45, 2.75) is 0 Å². The molecule has 0 saturated carbocycles. The number of carbonyl (C=O) groups excluding carboxylic acids is 1. The summed E-state index contributed by atoms with van der Waals surface area (Å²) in [6.45, 7) is 1.35. The molecule has 0 saturated heterocycles. The summed E-state index contributed by atoms with van der Waals surface area (Å²) in [6.07, 6.45) is 0. The fraction of sp³-hybridized carbons (Fsp3) is 0.160. The van der Waals surface area contributed by atoms with Crippen LogP contribution in [0.2, 0.25) is 0 Å². The van der Waals surface area contributed by atoms with Gasteiger partial charge in [0.1, 0.15) is 5.52 Å². The lowest BCUT2D eigenvalue weighted by atomic mass is 10.0. The van der Waals surface area contributed by atoms with E-state index in [2.05, 4.69) is 5.32 Å². The summed E-state index contributed by atoms with van der Waals surface area (Å²) in [6, 6.07) is 25.6. The molecular weight excluding hydrogens is 372 g/mol. The Balaban J connectivity index is 1.85. The van der Waals surface area contributed by atoms with Crippen molar-refractivity contribution in [1.82, 2.24) is 20.2 Å². The van der Waals surface area contributed by atoms with E-state index in [1.807, 2.05) is 91.8 Å². The predicted octanol–water partition coefficient (Wildman–Crippen LogP) is 4.26. The maximum absolute atomic E-state index is 12.8. The SMILES string of the molecule is CN(C)CCNC(=O)c1cccc2nc(-c3ccccc3)c(-c3ccccc3)nc12. The standard InChI is InChI=1S/C25H24N4O/c1-29(2)17-16-26-25(30)20-14-9-15-21-24(20)28-23(19-12-7-4-8-13-19)22(27-21)18-10-5-3-6-11-18/h3-15H,16-17H2,1-2H3,(H,26,30). The number of fused-ring (bicyclic) bond motifs is 1. The molecule has 5 heteroatoms. The van der Waals surface area contributed by atoms with Crippen molar-refractivity contribution in [3.05, 3.63) is 84.4 Å². The van der Waals surface area contributed by atoms with Crippen LogP contribution in [0.3, 0.4) is 0 Å². The van der Waals surface area contributed by atoms with Crippen molar-refractivity contribution in [2.24, 2.45) is 0 Å². The molecule has 0 aliphatic rings. The lowest BCUT2D eigenvalue weighted by molar-refractivity contribution is 0.0952. The van der Waals surface area contributed by atoms with E-state index in [1.165, 1.54) is 0 Å². The third kappa shape index (κ3) is 4.21. The van der Waals surface area contributed by atoms with E-state index in [0.29, 0.717) is 23.1 Å². The normalized spacial score (nSPS) is 11.0. The first-order chi connectivity index (χ1) is 14.6. The molecule has 0 bridgehead atoms. The van der Waals surface area contributed by atoms with Gasteiger partial charge in [0.05, 0.1) is 22.5 Å². The highest BCUT2D eigenvalue weighted by molar-refractivity contribution is 6.05. The van der Waals surface area contributed by atoms with E-state index < -0.39 is 0 Å². The number of likely N-dealkylation sites (N-methyl/N-ethyl adjacent to an activating group) is 1. The molecule has 1 amide bonds. The van der Waals surface area contributed by atoms with Crippen LogP contribution < -0.4 is 5.32 Å². The second kappa shape index (κ2) is 8.84. The Morgan fingerprint density at radius 1 is 0.800 bits per heavy atom. The van der Waals surface area contributed by atoms with Crippen LogP contribution in [0.25, 0.3) is 33.5 Å². The van der Waals surface area contributed by atoms with Crippen molar-refractivity contribution in [3.8, 4) is 22.5 Å². The number of hydrogen-bond acceptors (Lipinski definition) is 4. The Morgan fingerprint density at radius 3 is 2.00 bits per heavy atom. The van der Waals surface area contributed by atoms with E-state index in [9.17, 15) is 4.79 Å². The monoisotopic (exact) mass is 396 g/mol. The largest absolute Gasteiger partial charge is 0.351 e. The third-order valence-corrected chi connectivity index (χ3v) is 4.88. The summed E-state index contributed by atoms with van der Waals surface area (Å²) in [5, 5.41) is 2.98. The summed E-state index contributed by atoms with van der Waals surface area (Å²) in [7, 11) is 3.96. The van der Waals surface area contributed by atoms with Gasteiger partial charge < -0.3 is 10.2 Å². The first kappa shape index (κ1) is 19.7. The molecule has 4 rings (SSSR count). The zero-order chi connectivity index (χ0) is 20.9. The van der Waals surface area contributed by atoms with Crippen molar-refractivity contribution in [1.29, 1.82) is 0 Å². The number of para-hydroxylation sites is 1. The molecular formula is C25H24N4O. The van der Waals surface area contributed by atoms with Crippen molar-refractivity contribution < 1.29 is 4.79 Å². The summed E-state index contributed by atoms with van der Waals surface area (Å²) in [4.78, 5) is 24.8. The Bertz CT molecular complexity index is 1160. The van der Waals surface area contributed by atoms with Crippen LogP contribution in [0, 0.1) is 0 Å². The molecule has 1 aromatic heterocycles. The molecule has 0 fully saturated rings. The molecule has 0 radical (unpaired) electrons. The molecule has 150 valence electrons. The molecule has 1 N–H and O–H groups in total. The molecule has 30 heavy (non-hydrogen) atoms. The van der Waals surface area contributed by atoms with Gasteiger partial charge in [-0.3, -0.25) is 4.79 Å².